The van der Waals surface area contributed by atoms with Crippen LogP contribution in [0.5, 0.6) is 0 Å². The average Bonchev–Trinajstić information content (AvgIpc) is 2.83. The van der Waals surface area contributed by atoms with Crippen LogP contribution in [0.15, 0.2) is 0 Å². The lowest BCUT2D eigenvalue weighted by atomic mass is 9.99. The van der Waals surface area contributed by atoms with Crippen LogP contribution in [-0.4, -0.2) is 70.3 Å². The number of urea groups is 1. The molecule has 0 aromatic carbocycles. The molecule has 0 aliphatic carbocycles. The highest BCUT2D eigenvalue weighted by Gasteiger charge is 2.48. The summed E-state index contributed by atoms with van der Waals surface area (Å²) in [5.41, 5.74) is -2.23. The molecule has 1 fully saturated rings. The van der Waals surface area contributed by atoms with Crippen LogP contribution in [0.25, 0.3) is 0 Å². The molecule has 1 unspecified atom stereocenters. The van der Waals surface area contributed by atoms with Crippen LogP contribution < -0.4 is 5.32 Å². The first-order valence-electron chi connectivity index (χ1n) is 7.83. The highest BCUT2D eigenvalue weighted by molar-refractivity contribution is 5.87. The second kappa shape index (κ2) is 7.06. The highest BCUT2D eigenvalue weighted by Crippen LogP contribution is 2.24. The number of carboxylic acids is 1. The predicted octanol–water partition coefficient (Wildman–Crippen LogP) is 1.50. The second-order valence-corrected chi connectivity index (χ2v) is 6.64. The largest absolute Gasteiger partial charge is 0.479 e. The van der Waals surface area contributed by atoms with Gasteiger partial charge in [-0.3, -0.25) is 0 Å². The fourth-order valence-corrected chi connectivity index (χ4v) is 2.50. The molecule has 1 saturated heterocycles. The van der Waals surface area contributed by atoms with Gasteiger partial charge in [0.2, 0.25) is 0 Å². The van der Waals surface area contributed by atoms with Crippen molar-refractivity contribution in [3.8, 4) is 0 Å². The maximum absolute atomic E-state index is 12.3. The molecule has 8 heteroatoms. The summed E-state index contributed by atoms with van der Waals surface area (Å²) in [5, 5.41) is 12.0. The van der Waals surface area contributed by atoms with Crippen LogP contribution in [0.1, 0.15) is 41.0 Å². The van der Waals surface area contributed by atoms with Gasteiger partial charge >= 0.3 is 18.1 Å². The number of hydrogen-bond donors (Lipinski definition) is 2. The van der Waals surface area contributed by atoms with Gasteiger partial charge in [0.1, 0.15) is 5.60 Å². The molecule has 8 nitrogen and oxygen atoms in total. The summed E-state index contributed by atoms with van der Waals surface area (Å²) in [6.45, 7) is 10.1. The van der Waals surface area contributed by atoms with E-state index >= 15 is 0 Å². The van der Waals surface area contributed by atoms with Crippen molar-refractivity contribution in [2.45, 2.75) is 52.2 Å². The number of nitrogens with one attached hydrogen (secondary N) is 1. The molecule has 1 aliphatic heterocycles. The molecule has 0 bridgehead atoms. The fraction of sp³-hybridized carbons (Fsp3) is 0.800. The highest BCUT2D eigenvalue weighted by atomic mass is 16.6. The minimum Gasteiger partial charge on any atom is -0.479 e. The number of hydrogen-bond acceptors (Lipinski definition) is 4. The van der Waals surface area contributed by atoms with Crippen molar-refractivity contribution in [1.29, 1.82) is 0 Å². The summed E-state index contributed by atoms with van der Waals surface area (Å²) >= 11 is 0. The number of rotatable bonds is 4. The number of likely N-dealkylation sites (tertiary alicyclic amines) is 1. The molecule has 132 valence electrons. The van der Waals surface area contributed by atoms with Gasteiger partial charge in [-0.05, 0) is 34.6 Å². The number of nitrogens with zero attached hydrogens (tertiary/aromatic N) is 2. The van der Waals surface area contributed by atoms with Crippen LogP contribution in [-0.2, 0) is 9.53 Å². The van der Waals surface area contributed by atoms with Crippen molar-refractivity contribution in [1.82, 2.24) is 15.1 Å². The third-order valence-electron chi connectivity index (χ3n) is 3.72. The Hall–Kier alpha value is -1.99. The molecule has 0 radical (unpaired) electrons. The monoisotopic (exact) mass is 329 g/mol. The average molecular weight is 329 g/mol. The zero-order valence-electron chi connectivity index (χ0n) is 14.5. The zero-order chi connectivity index (χ0) is 17.8. The van der Waals surface area contributed by atoms with Gasteiger partial charge in [-0.2, -0.15) is 0 Å². The number of carboxylic acid groups (broad SMARTS) is 1. The van der Waals surface area contributed by atoms with E-state index < -0.39 is 23.2 Å². The normalized spacial score (nSPS) is 21.0. The van der Waals surface area contributed by atoms with Gasteiger partial charge in [0.05, 0.1) is 6.54 Å². The van der Waals surface area contributed by atoms with E-state index in [1.807, 2.05) is 13.8 Å². The van der Waals surface area contributed by atoms with Crippen LogP contribution >= 0.6 is 0 Å². The van der Waals surface area contributed by atoms with E-state index in [-0.39, 0.29) is 25.5 Å². The van der Waals surface area contributed by atoms with Gasteiger partial charge in [0.25, 0.3) is 0 Å². The first-order chi connectivity index (χ1) is 10.5. The molecule has 1 heterocycles. The van der Waals surface area contributed by atoms with E-state index in [1.54, 1.807) is 25.7 Å². The fourth-order valence-electron chi connectivity index (χ4n) is 2.50. The Morgan fingerprint density at radius 3 is 2.26 bits per heavy atom. The molecule has 0 aromatic rings. The van der Waals surface area contributed by atoms with E-state index in [4.69, 9.17) is 4.74 Å². The van der Waals surface area contributed by atoms with Gasteiger partial charge < -0.3 is 25.0 Å². The summed E-state index contributed by atoms with van der Waals surface area (Å²) in [5.74, 6) is -1.17. The number of aliphatic carboxylic acids is 1. The van der Waals surface area contributed by atoms with Crippen LogP contribution in [0.4, 0.5) is 9.59 Å². The minimum absolute atomic E-state index is 0.0725. The van der Waals surface area contributed by atoms with E-state index in [1.165, 1.54) is 4.90 Å². The molecule has 1 rings (SSSR count). The summed E-state index contributed by atoms with van der Waals surface area (Å²) in [6.07, 6.45) is -0.647. The zero-order valence-corrected chi connectivity index (χ0v) is 14.5. The van der Waals surface area contributed by atoms with Gasteiger partial charge in [-0.1, -0.05) is 0 Å². The molecule has 0 aromatic heterocycles. The molecular weight excluding hydrogens is 302 g/mol. The molecule has 1 aliphatic rings. The molecular formula is C15H27N3O5. The first-order valence-corrected chi connectivity index (χ1v) is 7.83. The number of ether oxygens (including phenoxy) is 1. The summed E-state index contributed by atoms with van der Waals surface area (Å²) < 4.78 is 5.13. The van der Waals surface area contributed by atoms with Crippen molar-refractivity contribution in [3.63, 3.8) is 0 Å². The van der Waals surface area contributed by atoms with E-state index in [0.717, 1.165) is 0 Å². The topological polar surface area (TPSA) is 99.2 Å². The lowest BCUT2D eigenvalue weighted by Gasteiger charge is -2.30. The lowest BCUT2D eigenvalue weighted by Crippen LogP contribution is -2.58. The second-order valence-electron chi connectivity index (χ2n) is 6.64. The standard InChI is InChI=1S/C15H27N3O5/c1-6-17(7-2)13(22)18-9-8-15(10-18,11(19)20)16-12(21)23-14(3,4)5/h6-10H2,1-5H3,(H,16,21)(H,19,20). The quantitative estimate of drug-likeness (QED) is 0.814. The SMILES string of the molecule is CCN(CC)C(=O)N1CCC(NC(=O)OC(C)(C)C)(C(=O)O)C1. The predicted molar refractivity (Wildman–Crippen MR) is 84.2 cm³/mol. The Morgan fingerprint density at radius 1 is 1.26 bits per heavy atom. The number of carbonyl (C=O) groups excluding carboxylic acids is 2. The third kappa shape index (κ3) is 4.74. The maximum atomic E-state index is 12.3. The third-order valence-corrected chi connectivity index (χ3v) is 3.72. The van der Waals surface area contributed by atoms with Gasteiger partial charge in [-0.25, -0.2) is 14.4 Å². The Morgan fingerprint density at radius 2 is 1.83 bits per heavy atom. The van der Waals surface area contributed by atoms with Crippen molar-refractivity contribution >= 4 is 18.1 Å². The van der Waals surface area contributed by atoms with E-state index in [0.29, 0.717) is 13.1 Å². The summed E-state index contributed by atoms with van der Waals surface area (Å²) in [7, 11) is 0. The summed E-state index contributed by atoms with van der Waals surface area (Å²) in [4.78, 5) is 39.0. The Bertz CT molecular complexity index is 470. The molecule has 23 heavy (non-hydrogen) atoms. The van der Waals surface area contributed by atoms with E-state index in [2.05, 4.69) is 5.32 Å². The number of alkyl carbamates (subject to hydrolysis) is 1. The number of amides is 3. The van der Waals surface area contributed by atoms with Crippen LogP contribution in [0.3, 0.4) is 0 Å². The maximum Gasteiger partial charge on any atom is 0.408 e. The molecule has 2 N–H and O–H groups in total. The van der Waals surface area contributed by atoms with Crippen molar-refractivity contribution in [2.75, 3.05) is 26.2 Å². The van der Waals surface area contributed by atoms with Crippen molar-refractivity contribution in [3.05, 3.63) is 0 Å². The van der Waals surface area contributed by atoms with Gasteiger partial charge in [0, 0.05) is 26.1 Å². The molecule has 0 saturated carbocycles. The minimum atomic E-state index is -1.51. The lowest BCUT2D eigenvalue weighted by molar-refractivity contribution is -0.144. The van der Waals surface area contributed by atoms with Crippen molar-refractivity contribution in [2.24, 2.45) is 0 Å². The van der Waals surface area contributed by atoms with Gasteiger partial charge in [-0.15, -0.1) is 0 Å². The van der Waals surface area contributed by atoms with Crippen LogP contribution in [0.2, 0.25) is 0 Å². The van der Waals surface area contributed by atoms with Crippen molar-refractivity contribution < 1.29 is 24.2 Å². The van der Waals surface area contributed by atoms with Gasteiger partial charge in [0.15, 0.2) is 5.54 Å². The molecule has 3 amide bonds. The molecule has 1 atom stereocenters. The summed E-state index contributed by atoms with van der Waals surface area (Å²) in [6, 6.07) is -0.218. The van der Waals surface area contributed by atoms with E-state index in [9.17, 15) is 19.5 Å². The Labute approximate surface area is 136 Å². The van der Waals surface area contributed by atoms with Crippen LogP contribution in [0, 0.1) is 0 Å². The number of carbonyl (C=O) groups is 3. The Balaban J connectivity index is 2.83. The first kappa shape index (κ1) is 19.1. The molecule has 0 spiro atoms. The Kier molecular flexibility index (Phi) is 5.85. The smallest absolute Gasteiger partial charge is 0.408 e.